The number of allylic oxidation sites excluding steroid dienone is 3. The normalized spacial score (nSPS) is 11.3. The third-order valence-corrected chi connectivity index (χ3v) is 23.2. The van der Waals surface area contributed by atoms with E-state index in [1.807, 2.05) is 352 Å². The Labute approximate surface area is 821 Å². The summed E-state index contributed by atoms with van der Waals surface area (Å²) in [7, 11) is 1.64. The van der Waals surface area contributed by atoms with E-state index in [2.05, 4.69) is 158 Å². The Kier molecular flexibility index (Phi) is 29.2. The molecular weight excluding hydrogens is 1760 g/mol. The number of rotatable bonds is 15. The van der Waals surface area contributed by atoms with Gasteiger partial charge in [-0.1, -0.05) is 217 Å². The number of benzene rings is 16. The molecule has 24 aromatic rings. The standard InChI is InChI=1S/C29H20N2O2.C17H15NO2.2C17H15NO.C15H13NO2.C15H13NO.C14H11NO/c1-19-6-17-25-27(18-19)33-29(31-25)23-15-11-21(12-16-23)8-7-20-9-13-22(14-10-20)28-30-24-4-2-3-5-26(24)32-28;1-2-3-12-4-7-14(8-5-12)17-18-15-9-6-13(11-19)10-16(15)20-17;2*1-3-4-13-6-8-14(9-7-13)17-18-15-10-5-12(2)11-16(15)19-17;1-10-3-5-11(6-4-10)15-16-13-8-7-12(17-2)9-14(13)18-15;1-10-3-6-12(7-4-10)15-16-13-8-5-11(2)9-14(13)17-15;1-10-6-8-11(9-7-10)14-15-12-4-2-3-5-13(12)16-14/h2-18H,1H3;2-10,19H,11H2,1H3;2*3-11H,1-2H3;3-9H,1-2H3;3-9H,1-2H3;2-9H,1H3/b8-7+;3-2+;2*4-3+;;;. The van der Waals surface area contributed by atoms with Crippen LogP contribution >= 0.6 is 0 Å². The van der Waals surface area contributed by atoms with Gasteiger partial charge in [-0.05, 0) is 319 Å². The molecule has 0 bridgehead atoms. The third kappa shape index (κ3) is 23.4. The summed E-state index contributed by atoms with van der Waals surface area (Å²) in [5.41, 5.74) is 36.2. The zero-order valence-corrected chi connectivity index (χ0v) is 80.5. The Bertz CT molecular complexity index is 8370. The van der Waals surface area contributed by atoms with Crippen molar-refractivity contribution in [2.24, 2.45) is 0 Å². The molecular formula is C124H102N8O10. The van der Waals surface area contributed by atoms with Crippen LogP contribution in [0.3, 0.4) is 0 Å². The largest absolute Gasteiger partial charge is 0.497 e. The number of para-hydroxylation sites is 4. The predicted molar refractivity (Wildman–Crippen MR) is 574 cm³/mol. The lowest BCUT2D eigenvalue weighted by molar-refractivity contribution is 0.282. The number of aliphatic hydroxyl groups excluding tert-OH is 1. The van der Waals surface area contributed by atoms with Gasteiger partial charge >= 0.3 is 0 Å². The lowest BCUT2D eigenvalue weighted by Crippen LogP contribution is -1.80. The van der Waals surface area contributed by atoms with Crippen molar-refractivity contribution >= 4 is 119 Å². The molecule has 0 unspecified atom stereocenters. The van der Waals surface area contributed by atoms with Crippen LogP contribution in [0.5, 0.6) is 5.75 Å². The van der Waals surface area contributed by atoms with E-state index < -0.39 is 0 Å². The van der Waals surface area contributed by atoms with Gasteiger partial charge in [-0.3, -0.25) is 0 Å². The highest BCUT2D eigenvalue weighted by Gasteiger charge is 2.17. The van der Waals surface area contributed by atoms with Crippen molar-refractivity contribution in [1.29, 1.82) is 0 Å². The van der Waals surface area contributed by atoms with Gasteiger partial charge in [0, 0.05) is 50.6 Å². The average Bonchev–Trinajstić information content (AvgIpc) is 1.70. The number of methoxy groups -OCH3 is 1. The lowest BCUT2D eigenvalue weighted by Gasteiger charge is -1.99. The van der Waals surface area contributed by atoms with Crippen molar-refractivity contribution in [3.05, 3.63) is 442 Å². The Morgan fingerprint density at radius 3 is 0.662 bits per heavy atom. The Morgan fingerprint density at radius 1 is 0.211 bits per heavy atom. The summed E-state index contributed by atoms with van der Waals surface area (Å²) in [4.78, 5) is 36.1. The maximum Gasteiger partial charge on any atom is 0.227 e. The van der Waals surface area contributed by atoms with Crippen LogP contribution in [0.1, 0.15) is 93.1 Å². The van der Waals surface area contributed by atoms with Crippen molar-refractivity contribution in [3.63, 3.8) is 0 Å². The van der Waals surface area contributed by atoms with Crippen LogP contribution in [-0.2, 0) is 6.61 Å². The molecule has 698 valence electrons. The fraction of sp³-hybridized carbons (Fsp3) is 0.0968. The molecule has 0 fully saturated rings. The Balaban J connectivity index is 0.000000111. The summed E-state index contributed by atoms with van der Waals surface area (Å²) in [6.07, 6.45) is 16.4. The second-order valence-electron chi connectivity index (χ2n) is 34.3. The maximum atomic E-state index is 9.13. The minimum atomic E-state index is 0.00399. The number of fused-ring (bicyclic) bond motifs is 8. The quantitative estimate of drug-likeness (QED) is 0.0939. The van der Waals surface area contributed by atoms with Crippen molar-refractivity contribution in [2.45, 2.75) is 75.8 Å². The number of aryl methyl sites for hydroxylation is 7. The van der Waals surface area contributed by atoms with Crippen LogP contribution in [0.2, 0.25) is 0 Å². The Morgan fingerprint density at radius 2 is 0.415 bits per heavy atom. The molecule has 18 nitrogen and oxygen atoms in total. The first-order valence-electron chi connectivity index (χ1n) is 46.8. The van der Waals surface area contributed by atoms with Gasteiger partial charge in [0.25, 0.3) is 0 Å². The van der Waals surface area contributed by atoms with Gasteiger partial charge < -0.3 is 45.2 Å². The first-order valence-corrected chi connectivity index (χ1v) is 46.8. The van der Waals surface area contributed by atoms with E-state index in [-0.39, 0.29) is 6.61 Å². The van der Waals surface area contributed by atoms with Crippen molar-refractivity contribution in [3.8, 4) is 97.4 Å². The lowest BCUT2D eigenvalue weighted by atomic mass is 10.1. The highest BCUT2D eigenvalue weighted by Crippen LogP contribution is 2.35. The number of hydrogen-bond acceptors (Lipinski definition) is 18. The van der Waals surface area contributed by atoms with Crippen molar-refractivity contribution in [2.75, 3.05) is 7.11 Å². The van der Waals surface area contributed by atoms with Gasteiger partial charge in [-0.25, -0.2) is 39.9 Å². The summed E-state index contributed by atoms with van der Waals surface area (Å²) in [5.74, 6) is 6.00. The average molecular weight is 1860 g/mol. The number of hydrogen-bond donors (Lipinski definition) is 1. The molecule has 0 aliphatic rings. The molecule has 8 aromatic heterocycles. The zero-order valence-electron chi connectivity index (χ0n) is 80.5. The number of ether oxygens (including phenoxy) is 1. The van der Waals surface area contributed by atoms with Crippen molar-refractivity contribution in [1.82, 2.24) is 39.9 Å². The van der Waals surface area contributed by atoms with Crippen LogP contribution < -0.4 is 4.74 Å². The van der Waals surface area contributed by atoms with E-state index in [1.165, 1.54) is 44.5 Å². The zero-order chi connectivity index (χ0) is 98.0. The van der Waals surface area contributed by atoms with Crippen LogP contribution in [0.15, 0.2) is 405 Å². The number of aliphatic hydroxyl groups is 1. The fourth-order valence-corrected chi connectivity index (χ4v) is 15.5. The van der Waals surface area contributed by atoms with Gasteiger partial charge in [-0.15, -0.1) is 0 Å². The van der Waals surface area contributed by atoms with Gasteiger partial charge in [0.1, 0.15) is 49.9 Å². The molecule has 0 radical (unpaired) electrons. The van der Waals surface area contributed by atoms with E-state index in [1.54, 1.807) is 7.11 Å². The SMILES string of the molecule is C/C=C/c1ccc(-c2nc3ccc(C)cc3o2)cc1.C/C=C/c1ccc(-c2nc3ccc(C)cc3o2)cc1.C/C=C/c1ccc(-c2nc3ccc(CO)cc3o2)cc1.COc1ccc2nc(-c3ccc(C)cc3)oc2c1.Cc1ccc(-c2nc3ccc(C)cc3o2)cc1.Cc1ccc(-c2nc3ccccc3o2)cc1.Cc1ccc2nc(-c3ccc(/C=C/c4ccc(-c5nc6ccccc6o5)cc4)cc3)oc2c1. The first kappa shape index (κ1) is 94.4. The van der Waals surface area contributed by atoms with E-state index in [9.17, 15) is 0 Å². The summed E-state index contributed by atoms with van der Waals surface area (Å²) < 4.78 is 51.5. The summed E-state index contributed by atoms with van der Waals surface area (Å²) in [5, 5.41) is 9.13. The monoisotopic (exact) mass is 1860 g/mol. The summed E-state index contributed by atoms with van der Waals surface area (Å²) >= 11 is 0. The number of aromatic nitrogens is 8. The van der Waals surface area contributed by atoms with Crippen LogP contribution in [-0.4, -0.2) is 52.1 Å². The fourth-order valence-electron chi connectivity index (χ4n) is 15.5. The molecule has 16 aromatic carbocycles. The maximum absolute atomic E-state index is 9.13. The molecule has 0 saturated heterocycles. The highest BCUT2D eigenvalue weighted by atomic mass is 16.5. The van der Waals surface area contributed by atoms with Crippen LogP contribution in [0.25, 0.3) is 211 Å². The first-order chi connectivity index (χ1) is 69.3. The molecule has 0 aliphatic carbocycles. The van der Waals surface area contributed by atoms with E-state index in [0.717, 1.165) is 161 Å². The number of nitrogens with zero attached hydrogens (tertiary/aromatic N) is 8. The van der Waals surface area contributed by atoms with Gasteiger partial charge in [0.05, 0.1) is 13.7 Å². The van der Waals surface area contributed by atoms with E-state index in [4.69, 9.17) is 45.2 Å². The Hall–Kier alpha value is -18.0. The second-order valence-corrected chi connectivity index (χ2v) is 34.3. The van der Waals surface area contributed by atoms with E-state index in [0.29, 0.717) is 52.7 Å². The van der Waals surface area contributed by atoms with Crippen molar-refractivity contribution < 1.29 is 45.2 Å². The summed E-state index contributed by atoms with van der Waals surface area (Å²) in [6.45, 7) is 20.4. The smallest absolute Gasteiger partial charge is 0.227 e. The van der Waals surface area contributed by atoms with Crippen LogP contribution in [0, 0.1) is 48.5 Å². The molecule has 0 saturated carbocycles. The molecule has 24 rings (SSSR count). The molecule has 1 N–H and O–H groups in total. The molecule has 0 amide bonds. The minimum Gasteiger partial charge on any atom is -0.497 e. The molecule has 0 aliphatic heterocycles. The second kappa shape index (κ2) is 44.0. The topological polar surface area (TPSA) is 238 Å². The molecule has 142 heavy (non-hydrogen) atoms. The highest BCUT2D eigenvalue weighted by molar-refractivity contribution is 5.85. The third-order valence-electron chi connectivity index (χ3n) is 23.2. The molecule has 8 heterocycles. The minimum absolute atomic E-state index is 0.00399. The molecule has 0 spiro atoms. The van der Waals surface area contributed by atoms with Crippen LogP contribution in [0.4, 0.5) is 0 Å². The van der Waals surface area contributed by atoms with Gasteiger partial charge in [-0.2, -0.15) is 0 Å². The molecule has 0 atom stereocenters. The summed E-state index contributed by atoms with van der Waals surface area (Å²) in [6, 6.07) is 116. The van der Waals surface area contributed by atoms with Gasteiger partial charge in [0.2, 0.25) is 47.1 Å². The number of oxazole rings is 8. The van der Waals surface area contributed by atoms with E-state index >= 15 is 0 Å². The van der Waals surface area contributed by atoms with Gasteiger partial charge in [0.15, 0.2) is 44.7 Å². The predicted octanol–water partition coefficient (Wildman–Crippen LogP) is 33.2. The molecule has 18 heteroatoms.